The first-order valence-corrected chi connectivity index (χ1v) is 7.15. The van der Waals surface area contributed by atoms with Crippen molar-refractivity contribution in [3.8, 4) is 11.5 Å². The molecule has 0 saturated heterocycles. The van der Waals surface area contributed by atoms with E-state index in [0.717, 1.165) is 0 Å². The minimum atomic E-state index is -0.969. The predicted octanol–water partition coefficient (Wildman–Crippen LogP) is 1.79. The Hall–Kier alpha value is -3.13. The average Bonchev–Trinajstić information content (AvgIpc) is 3.07. The van der Waals surface area contributed by atoms with Crippen LogP contribution < -0.4 is 14.8 Å². The van der Waals surface area contributed by atoms with Gasteiger partial charge in [-0.25, -0.2) is 0 Å². The lowest BCUT2D eigenvalue weighted by Gasteiger charge is -2.12. The second-order valence-corrected chi connectivity index (χ2v) is 5.14. The molecule has 0 saturated carbocycles. The van der Waals surface area contributed by atoms with E-state index >= 15 is 0 Å². The monoisotopic (exact) mass is 330 g/mol. The lowest BCUT2D eigenvalue weighted by Crippen LogP contribution is -2.28. The largest absolute Gasteiger partial charge is 0.454 e. The SMILES string of the molecule is O=C(NCC(O)c1ccc([N+](=O)[O-])cc1)c1ccc2c(c1)OCO2. The topological polar surface area (TPSA) is 111 Å². The van der Waals surface area contributed by atoms with Gasteiger partial charge in [-0.1, -0.05) is 0 Å². The van der Waals surface area contributed by atoms with Gasteiger partial charge in [0, 0.05) is 24.2 Å². The van der Waals surface area contributed by atoms with Crippen LogP contribution >= 0.6 is 0 Å². The number of nitro groups is 1. The standard InChI is InChI=1S/C16H14N2O6/c19-13(10-1-4-12(5-2-10)18(21)22)8-17-16(20)11-3-6-14-15(7-11)24-9-23-14/h1-7,13,19H,8-9H2,(H,17,20). The molecule has 2 aromatic carbocycles. The van der Waals surface area contributed by atoms with E-state index < -0.39 is 11.0 Å². The second-order valence-electron chi connectivity index (χ2n) is 5.14. The molecule has 1 heterocycles. The van der Waals surface area contributed by atoms with Gasteiger partial charge in [-0.2, -0.15) is 0 Å². The van der Waals surface area contributed by atoms with Crippen molar-refractivity contribution in [2.24, 2.45) is 0 Å². The van der Waals surface area contributed by atoms with E-state index in [9.17, 15) is 20.0 Å². The minimum absolute atomic E-state index is 0.0227. The molecule has 1 aliphatic heterocycles. The van der Waals surface area contributed by atoms with E-state index in [1.807, 2.05) is 0 Å². The summed E-state index contributed by atoms with van der Waals surface area (Å²) in [5, 5.41) is 23.3. The summed E-state index contributed by atoms with van der Waals surface area (Å²) in [6, 6.07) is 10.3. The molecule has 1 atom stereocenters. The Labute approximate surface area is 136 Å². The summed E-state index contributed by atoms with van der Waals surface area (Å²) in [5.41, 5.74) is 0.803. The molecule has 0 radical (unpaired) electrons. The Balaban J connectivity index is 1.60. The first-order chi connectivity index (χ1) is 11.5. The highest BCUT2D eigenvalue weighted by Gasteiger charge is 2.17. The molecular weight excluding hydrogens is 316 g/mol. The van der Waals surface area contributed by atoms with Gasteiger partial charge in [0.1, 0.15) is 0 Å². The molecule has 0 aliphatic carbocycles. The van der Waals surface area contributed by atoms with Gasteiger partial charge in [0.15, 0.2) is 11.5 Å². The summed E-state index contributed by atoms with van der Waals surface area (Å²) in [4.78, 5) is 22.2. The van der Waals surface area contributed by atoms with Crippen molar-refractivity contribution in [1.82, 2.24) is 5.32 Å². The number of non-ortho nitro benzene ring substituents is 1. The summed E-state index contributed by atoms with van der Waals surface area (Å²) in [7, 11) is 0. The van der Waals surface area contributed by atoms with Gasteiger partial charge >= 0.3 is 0 Å². The van der Waals surface area contributed by atoms with Crippen molar-refractivity contribution in [1.29, 1.82) is 0 Å². The first-order valence-electron chi connectivity index (χ1n) is 7.15. The van der Waals surface area contributed by atoms with Crippen LogP contribution in [0.2, 0.25) is 0 Å². The van der Waals surface area contributed by atoms with E-state index in [-0.39, 0.29) is 24.9 Å². The molecule has 1 unspecified atom stereocenters. The highest BCUT2D eigenvalue weighted by atomic mass is 16.7. The highest BCUT2D eigenvalue weighted by molar-refractivity contribution is 5.94. The molecule has 3 rings (SSSR count). The van der Waals surface area contributed by atoms with Gasteiger partial charge in [-0.05, 0) is 35.9 Å². The molecule has 0 bridgehead atoms. The minimum Gasteiger partial charge on any atom is -0.454 e. The number of nitrogens with one attached hydrogen (secondary N) is 1. The zero-order valence-electron chi connectivity index (χ0n) is 12.5. The molecule has 1 aliphatic rings. The van der Waals surface area contributed by atoms with Crippen molar-refractivity contribution < 1.29 is 24.3 Å². The van der Waals surface area contributed by atoms with E-state index in [2.05, 4.69) is 5.32 Å². The fourth-order valence-corrected chi connectivity index (χ4v) is 2.27. The Morgan fingerprint density at radius 2 is 1.92 bits per heavy atom. The summed E-state index contributed by atoms with van der Waals surface area (Å²) in [6.45, 7) is 0.102. The molecule has 24 heavy (non-hydrogen) atoms. The highest BCUT2D eigenvalue weighted by Crippen LogP contribution is 2.32. The number of nitro benzene ring substituents is 1. The molecule has 8 heteroatoms. The molecule has 0 aromatic heterocycles. The van der Waals surface area contributed by atoms with Gasteiger partial charge in [-0.15, -0.1) is 0 Å². The molecular formula is C16H14N2O6. The number of aliphatic hydroxyl groups excluding tert-OH is 1. The zero-order valence-corrected chi connectivity index (χ0v) is 12.5. The molecule has 1 amide bonds. The Morgan fingerprint density at radius 3 is 2.62 bits per heavy atom. The molecule has 2 N–H and O–H groups in total. The Kier molecular flexibility index (Phi) is 4.30. The normalized spacial score (nSPS) is 13.4. The fraction of sp³-hybridized carbons (Fsp3) is 0.188. The van der Waals surface area contributed by atoms with E-state index in [0.29, 0.717) is 22.6 Å². The number of hydrogen-bond acceptors (Lipinski definition) is 6. The maximum absolute atomic E-state index is 12.1. The molecule has 8 nitrogen and oxygen atoms in total. The number of ether oxygens (including phenoxy) is 2. The van der Waals surface area contributed by atoms with Crippen LogP contribution in [-0.2, 0) is 0 Å². The molecule has 2 aromatic rings. The number of nitrogens with zero attached hydrogens (tertiary/aromatic N) is 1. The van der Waals surface area contributed by atoms with Crippen molar-refractivity contribution in [3.63, 3.8) is 0 Å². The first kappa shape index (κ1) is 15.8. The molecule has 0 spiro atoms. The van der Waals surface area contributed by atoms with Crippen LogP contribution in [0.4, 0.5) is 5.69 Å². The van der Waals surface area contributed by atoms with E-state index in [4.69, 9.17) is 9.47 Å². The number of carbonyl (C=O) groups is 1. The van der Waals surface area contributed by atoms with Crippen LogP contribution in [0.3, 0.4) is 0 Å². The number of rotatable bonds is 5. The van der Waals surface area contributed by atoms with Crippen LogP contribution in [0.15, 0.2) is 42.5 Å². The summed E-state index contributed by atoms with van der Waals surface area (Å²) < 4.78 is 10.4. The lowest BCUT2D eigenvalue weighted by atomic mass is 10.1. The number of hydrogen-bond donors (Lipinski definition) is 2. The quantitative estimate of drug-likeness (QED) is 0.638. The molecule has 0 fully saturated rings. The number of fused-ring (bicyclic) bond motifs is 1. The maximum Gasteiger partial charge on any atom is 0.269 e. The van der Waals surface area contributed by atoms with Crippen molar-refractivity contribution in [2.75, 3.05) is 13.3 Å². The third-order valence-corrected chi connectivity index (χ3v) is 3.58. The van der Waals surface area contributed by atoms with Gasteiger partial charge in [0.05, 0.1) is 11.0 Å². The van der Waals surface area contributed by atoms with Crippen LogP contribution in [0.1, 0.15) is 22.0 Å². The maximum atomic E-state index is 12.1. The van der Waals surface area contributed by atoms with Crippen LogP contribution in [0.5, 0.6) is 11.5 Å². The van der Waals surface area contributed by atoms with Crippen molar-refractivity contribution in [2.45, 2.75) is 6.10 Å². The number of aliphatic hydroxyl groups is 1. The third-order valence-electron chi connectivity index (χ3n) is 3.58. The second kappa shape index (κ2) is 6.55. The Bertz CT molecular complexity index is 775. The van der Waals surface area contributed by atoms with Crippen LogP contribution in [-0.4, -0.2) is 29.3 Å². The van der Waals surface area contributed by atoms with Crippen molar-refractivity contribution in [3.05, 3.63) is 63.7 Å². The van der Waals surface area contributed by atoms with Gasteiger partial charge < -0.3 is 19.9 Å². The van der Waals surface area contributed by atoms with Crippen molar-refractivity contribution >= 4 is 11.6 Å². The van der Waals surface area contributed by atoms with Gasteiger partial charge in [0.2, 0.25) is 6.79 Å². The fourth-order valence-electron chi connectivity index (χ4n) is 2.27. The molecule has 124 valence electrons. The lowest BCUT2D eigenvalue weighted by molar-refractivity contribution is -0.384. The van der Waals surface area contributed by atoms with Crippen LogP contribution in [0, 0.1) is 10.1 Å². The smallest absolute Gasteiger partial charge is 0.269 e. The summed E-state index contributed by atoms with van der Waals surface area (Å²) in [5.74, 6) is 0.713. The summed E-state index contributed by atoms with van der Waals surface area (Å²) >= 11 is 0. The average molecular weight is 330 g/mol. The van der Waals surface area contributed by atoms with Gasteiger partial charge in [0.25, 0.3) is 11.6 Å². The van der Waals surface area contributed by atoms with E-state index in [1.54, 1.807) is 18.2 Å². The predicted molar refractivity (Wildman–Crippen MR) is 83.0 cm³/mol. The van der Waals surface area contributed by atoms with Gasteiger partial charge in [-0.3, -0.25) is 14.9 Å². The summed E-state index contributed by atoms with van der Waals surface area (Å²) in [6.07, 6.45) is -0.969. The Morgan fingerprint density at radius 1 is 1.21 bits per heavy atom. The number of carbonyl (C=O) groups excluding carboxylic acids is 1. The van der Waals surface area contributed by atoms with Crippen LogP contribution in [0.25, 0.3) is 0 Å². The third kappa shape index (κ3) is 3.28. The number of benzene rings is 2. The number of amides is 1. The van der Waals surface area contributed by atoms with E-state index in [1.165, 1.54) is 24.3 Å². The zero-order chi connectivity index (χ0) is 17.1.